The van der Waals surface area contributed by atoms with Gasteiger partial charge in [0.1, 0.15) is 5.82 Å². The average molecular weight is 453 g/mol. The van der Waals surface area contributed by atoms with E-state index in [0.29, 0.717) is 25.2 Å². The number of carbonyl (C=O) groups excluding carboxylic acids is 1. The average Bonchev–Trinajstić information content (AvgIpc) is 3.57. The number of thiophene rings is 1. The van der Waals surface area contributed by atoms with E-state index in [1.807, 2.05) is 57.7 Å². The van der Waals surface area contributed by atoms with E-state index >= 15 is 0 Å². The molecular weight excluding hydrogens is 432 g/mol. The Hall–Kier alpha value is -4.04. The fraction of sp³-hybridized carbons (Fsp3) is 0.120. The van der Waals surface area contributed by atoms with E-state index in [-0.39, 0.29) is 5.91 Å². The van der Waals surface area contributed by atoms with Crippen molar-refractivity contribution in [3.63, 3.8) is 0 Å². The number of carbonyl (C=O) groups is 1. The molecule has 0 atom stereocenters. The molecule has 0 saturated heterocycles. The van der Waals surface area contributed by atoms with Crippen molar-refractivity contribution in [2.45, 2.75) is 13.0 Å². The normalized spacial score (nSPS) is 11.5. The number of hydrogen-bond acceptors (Lipinski definition) is 5. The number of benzene rings is 2. The molecule has 0 radical (unpaired) electrons. The predicted molar refractivity (Wildman–Crippen MR) is 130 cm³/mol. The SMILES string of the molecule is O=C(NCCc1nnc2ccccn12)c1nn(Cc2cccc3ccsc23)c2ccccc12. The zero-order valence-electron chi connectivity index (χ0n) is 17.7. The monoisotopic (exact) mass is 452 g/mol. The molecule has 1 amide bonds. The third-order valence-electron chi connectivity index (χ3n) is 5.77. The number of nitrogens with zero attached hydrogens (tertiary/aromatic N) is 5. The van der Waals surface area contributed by atoms with Crippen LogP contribution in [0.1, 0.15) is 21.9 Å². The Morgan fingerprint density at radius 3 is 2.85 bits per heavy atom. The molecule has 7 nitrogen and oxygen atoms in total. The van der Waals surface area contributed by atoms with Gasteiger partial charge in [-0.25, -0.2) is 0 Å². The van der Waals surface area contributed by atoms with Gasteiger partial charge in [-0.05, 0) is 40.6 Å². The van der Waals surface area contributed by atoms with E-state index in [2.05, 4.69) is 45.2 Å². The van der Waals surface area contributed by atoms with E-state index < -0.39 is 0 Å². The predicted octanol–water partition coefficient (Wildman–Crippen LogP) is 4.31. The molecule has 6 aromatic rings. The zero-order valence-corrected chi connectivity index (χ0v) is 18.5. The minimum atomic E-state index is -0.187. The van der Waals surface area contributed by atoms with Crippen LogP contribution in [0.2, 0.25) is 0 Å². The van der Waals surface area contributed by atoms with Crippen molar-refractivity contribution in [2.24, 2.45) is 0 Å². The van der Waals surface area contributed by atoms with E-state index in [1.165, 1.54) is 15.6 Å². The summed E-state index contributed by atoms with van der Waals surface area (Å²) < 4.78 is 5.11. The molecule has 0 aliphatic carbocycles. The van der Waals surface area contributed by atoms with Crippen LogP contribution in [0.25, 0.3) is 26.6 Å². The molecule has 1 N–H and O–H groups in total. The van der Waals surface area contributed by atoms with Crippen LogP contribution in [-0.4, -0.2) is 36.8 Å². The second-order valence-electron chi connectivity index (χ2n) is 7.83. The summed E-state index contributed by atoms with van der Waals surface area (Å²) in [5.41, 5.74) is 3.38. The number of para-hydroxylation sites is 1. The lowest BCUT2D eigenvalue weighted by Gasteiger charge is -2.05. The number of nitrogens with one attached hydrogen (secondary N) is 1. The lowest BCUT2D eigenvalue weighted by Crippen LogP contribution is -2.27. The van der Waals surface area contributed by atoms with Crippen molar-refractivity contribution in [1.29, 1.82) is 0 Å². The van der Waals surface area contributed by atoms with Crippen LogP contribution in [0.15, 0.2) is 78.3 Å². The van der Waals surface area contributed by atoms with Gasteiger partial charge in [-0.15, -0.1) is 21.5 Å². The van der Waals surface area contributed by atoms with Crippen LogP contribution in [0.4, 0.5) is 0 Å². The Morgan fingerprint density at radius 1 is 0.970 bits per heavy atom. The molecule has 2 aromatic carbocycles. The smallest absolute Gasteiger partial charge is 0.272 e. The van der Waals surface area contributed by atoms with Crippen molar-refractivity contribution in [3.8, 4) is 0 Å². The summed E-state index contributed by atoms with van der Waals surface area (Å²) in [4.78, 5) is 13.1. The Bertz CT molecular complexity index is 1610. The highest BCUT2D eigenvalue weighted by Gasteiger charge is 2.18. The molecule has 162 valence electrons. The van der Waals surface area contributed by atoms with Gasteiger partial charge in [0, 0.05) is 29.2 Å². The van der Waals surface area contributed by atoms with Gasteiger partial charge in [-0.1, -0.05) is 42.5 Å². The van der Waals surface area contributed by atoms with Crippen molar-refractivity contribution < 1.29 is 4.79 Å². The molecule has 0 aliphatic rings. The van der Waals surface area contributed by atoms with Gasteiger partial charge in [0.15, 0.2) is 11.3 Å². The van der Waals surface area contributed by atoms with Crippen molar-refractivity contribution >= 4 is 43.9 Å². The van der Waals surface area contributed by atoms with Crippen LogP contribution < -0.4 is 5.32 Å². The fourth-order valence-corrected chi connectivity index (χ4v) is 5.10. The number of hydrogen-bond donors (Lipinski definition) is 1. The maximum Gasteiger partial charge on any atom is 0.272 e. The summed E-state index contributed by atoms with van der Waals surface area (Å²) in [5.74, 6) is 0.624. The molecule has 0 bridgehead atoms. The summed E-state index contributed by atoms with van der Waals surface area (Å²) >= 11 is 1.73. The van der Waals surface area contributed by atoms with Gasteiger partial charge in [0.05, 0.1) is 12.1 Å². The highest BCUT2D eigenvalue weighted by atomic mass is 32.1. The van der Waals surface area contributed by atoms with Gasteiger partial charge in [-0.3, -0.25) is 13.9 Å². The number of amides is 1. The molecule has 0 fully saturated rings. The first-order valence-electron chi connectivity index (χ1n) is 10.8. The van der Waals surface area contributed by atoms with Gasteiger partial charge in [0.2, 0.25) is 0 Å². The molecule has 8 heteroatoms. The number of rotatable bonds is 6. The molecule has 0 saturated carbocycles. The first-order chi connectivity index (χ1) is 16.3. The van der Waals surface area contributed by atoms with Crippen molar-refractivity contribution in [1.82, 2.24) is 29.7 Å². The summed E-state index contributed by atoms with van der Waals surface area (Å²) in [6.45, 7) is 1.06. The summed E-state index contributed by atoms with van der Waals surface area (Å²) in [6, 6.07) is 22.1. The van der Waals surface area contributed by atoms with Crippen molar-refractivity contribution in [2.75, 3.05) is 6.54 Å². The van der Waals surface area contributed by atoms with Crippen LogP contribution in [-0.2, 0) is 13.0 Å². The van der Waals surface area contributed by atoms with Crippen LogP contribution in [0.5, 0.6) is 0 Å². The van der Waals surface area contributed by atoms with E-state index in [0.717, 1.165) is 22.4 Å². The highest BCUT2D eigenvalue weighted by molar-refractivity contribution is 7.17. The molecule has 0 spiro atoms. The second-order valence-corrected chi connectivity index (χ2v) is 8.75. The number of pyridine rings is 1. The Kier molecular flexibility index (Phi) is 4.84. The molecule has 4 heterocycles. The summed E-state index contributed by atoms with van der Waals surface area (Å²) in [7, 11) is 0. The van der Waals surface area contributed by atoms with Crippen LogP contribution in [0, 0.1) is 0 Å². The van der Waals surface area contributed by atoms with Crippen LogP contribution in [0.3, 0.4) is 0 Å². The molecule has 0 aliphatic heterocycles. The van der Waals surface area contributed by atoms with E-state index in [1.54, 1.807) is 11.3 Å². The molecule has 6 rings (SSSR count). The minimum absolute atomic E-state index is 0.187. The van der Waals surface area contributed by atoms with E-state index in [9.17, 15) is 4.79 Å². The van der Waals surface area contributed by atoms with Crippen molar-refractivity contribution in [3.05, 3.63) is 95.4 Å². The second kappa shape index (κ2) is 8.14. The first kappa shape index (κ1) is 19.6. The topological polar surface area (TPSA) is 77.1 Å². The highest BCUT2D eigenvalue weighted by Crippen LogP contribution is 2.27. The van der Waals surface area contributed by atoms with Gasteiger partial charge >= 0.3 is 0 Å². The van der Waals surface area contributed by atoms with Gasteiger partial charge in [-0.2, -0.15) is 5.10 Å². The summed E-state index contributed by atoms with van der Waals surface area (Å²) in [5, 5.41) is 20.3. The third-order valence-corrected chi connectivity index (χ3v) is 6.78. The lowest BCUT2D eigenvalue weighted by atomic mass is 10.1. The Labute approximate surface area is 193 Å². The summed E-state index contributed by atoms with van der Waals surface area (Å²) in [6.07, 6.45) is 2.51. The Balaban J connectivity index is 1.25. The molecule has 0 unspecified atom stereocenters. The zero-order chi connectivity index (χ0) is 22.2. The standard InChI is InChI=1S/C25H20N6OS/c32-25(26-13-11-22-28-27-21-10-3-4-14-30(21)22)23-19-8-1-2-9-20(19)31(29-23)16-18-7-5-6-17-12-15-33-24(17)18/h1-10,12,14-15H,11,13,16H2,(H,26,32). The van der Waals surface area contributed by atoms with Gasteiger partial charge in [0.25, 0.3) is 5.91 Å². The maximum atomic E-state index is 13.1. The van der Waals surface area contributed by atoms with Crippen LogP contribution >= 0.6 is 11.3 Å². The maximum absolute atomic E-state index is 13.1. The Morgan fingerprint density at radius 2 is 1.88 bits per heavy atom. The lowest BCUT2D eigenvalue weighted by molar-refractivity contribution is 0.0949. The number of fused-ring (bicyclic) bond motifs is 3. The fourth-order valence-electron chi connectivity index (χ4n) is 4.19. The van der Waals surface area contributed by atoms with E-state index in [4.69, 9.17) is 5.10 Å². The molecule has 33 heavy (non-hydrogen) atoms. The first-order valence-corrected chi connectivity index (χ1v) is 11.6. The molecular formula is C25H20N6OS. The third kappa shape index (κ3) is 3.54. The number of aromatic nitrogens is 5. The van der Waals surface area contributed by atoms with Gasteiger partial charge < -0.3 is 5.32 Å². The largest absolute Gasteiger partial charge is 0.350 e. The molecule has 4 aromatic heterocycles. The minimum Gasteiger partial charge on any atom is -0.350 e. The quantitative estimate of drug-likeness (QED) is 0.408.